The van der Waals surface area contributed by atoms with E-state index in [0.29, 0.717) is 18.0 Å². The lowest BCUT2D eigenvalue weighted by atomic mass is 9.88. The molecular weight excluding hydrogens is 430 g/mol. The van der Waals surface area contributed by atoms with Gasteiger partial charge < -0.3 is 4.74 Å². The Morgan fingerprint density at radius 2 is 1.60 bits per heavy atom. The molecule has 2 aliphatic heterocycles. The molecule has 0 radical (unpaired) electrons. The molecule has 2 aromatic carbocycles. The largest absolute Gasteiger partial charge is 0.497 e. The maximum atomic E-state index is 5.33. The molecule has 0 bridgehead atoms. The van der Waals surface area contributed by atoms with Crippen molar-refractivity contribution >= 4 is 0 Å². The molecule has 0 aliphatic carbocycles. The molecule has 4 heteroatoms. The highest BCUT2D eigenvalue weighted by molar-refractivity contribution is 5.33. The maximum absolute atomic E-state index is 5.33. The van der Waals surface area contributed by atoms with E-state index in [-0.39, 0.29) is 5.54 Å². The molecule has 2 aromatic rings. The predicted molar refractivity (Wildman–Crippen MR) is 147 cm³/mol. The molecule has 192 valence electrons. The summed E-state index contributed by atoms with van der Waals surface area (Å²) in [5.41, 5.74) is 4.73. The van der Waals surface area contributed by atoms with Gasteiger partial charge in [-0.2, -0.15) is 0 Å². The fourth-order valence-electron chi connectivity index (χ4n) is 6.06. The molecule has 0 N–H and O–H groups in total. The molecule has 1 atom stereocenters. The number of piperazine rings is 1. The van der Waals surface area contributed by atoms with E-state index in [0.717, 1.165) is 31.8 Å². The molecule has 2 aliphatic rings. The van der Waals surface area contributed by atoms with Crippen molar-refractivity contribution < 1.29 is 4.74 Å². The van der Waals surface area contributed by atoms with Crippen LogP contribution in [0.2, 0.25) is 0 Å². The van der Waals surface area contributed by atoms with E-state index in [1.807, 2.05) is 0 Å². The molecule has 4 nitrogen and oxygen atoms in total. The molecule has 0 amide bonds. The summed E-state index contributed by atoms with van der Waals surface area (Å²) >= 11 is 0. The number of rotatable bonds is 7. The van der Waals surface area contributed by atoms with E-state index in [1.54, 1.807) is 12.7 Å². The lowest BCUT2D eigenvalue weighted by molar-refractivity contribution is -0.00101. The van der Waals surface area contributed by atoms with Crippen LogP contribution in [-0.2, 0) is 6.42 Å². The molecule has 2 heterocycles. The van der Waals surface area contributed by atoms with Crippen LogP contribution in [0.25, 0.3) is 0 Å². The van der Waals surface area contributed by atoms with Gasteiger partial charge in [0.2, 0.25) is 0 Å². The van der Waals surface area contributed by atoms with E-state index in [1.165, 1.54) is 43.6 Å². The third kappa shape index (κ3) is 6.47. The van der Waals surface area contributed by atoms with Crippen LogP contribution in [0.5, 0.6) is 5.75 Å². The summed E-state index contributed by atoms with van der Waals surface area (Å²) in [6.45, 7) is 18.8. The van der Waals surface area contributed by atoms with Crippen LogP contribution in [-0.4, -0.2) is 72.7 Å². The minimum absolute atomic E-state index is 0.273. The monoisotopic (exact) mass is 477 g/mol. The minimum atomic E-state index is 0.273. The van der Waals surface area contributed by atoms with Crippen LogP contribution in [0.1, 0.15) is 76.1 Å². The van der Waals surface area contributed by atoms with Crippen molar-refractivity contribution in [1.82, 2.24) is 14.7 Å². The van der Waals surface area contributed by atoms with Crippen molar-refractivity contribution in [1.29, 1.82) is 0 Å². The van der Waals surface area contributed by atoms with E-state index in [9.17, 15) is 0 Å². The Balaban J connectivity index is 1.49. The van der Waals surface area contributed by atoms with Crippen molar-refractivity contribution in [2.75, 3.05) is 46.4 Å². The second-order valence-corrected chi connectivity index (χ2v) is 11.8. The molecular formula is C31H47N3O. The zero-order valence-corrected chi connectivity index (χ0v) is 23.0. The Hall–Kier alpha value is -1.88. The first-order chi connectivity index (χ1) is 16.8. The summed E-state index contributed by atoms with van der Waals surface area (Å²) in [6, 6.07) is 19.0. The van der Waals surface area contributed by atoms with E-state index in [4.69, 9.17) is 4.74 Å². The Bertz CT molecular complexity index is 925. The van der Waals surface area contributed by atoms with Gasteiger partial charge in [-0.1, -0.05) is 50.2 Å². The molecule has 2 saturated heterocycles. The Labute approximate surface area is 214 Å². The van der Waals surface area contributed by atoms with Gasteiger partial charge in [-0.05, 0) is 74.8 Å². The Kier molecular flexibility index (Phi) is 8.57. The topological polar surface area (TPSA) is 19.0 Å². The summed E-state index contributed by atoms with van der Waals surface area (Å²) in [5.74, 6) is 1.48. The number of benzene rings is 2. The second kappa shape index (κ2) is 11.5. The first-order valence-electron chi connectivity index (χ1n) is 13.7. The van der Waals surface area contributed by atoms with E-state index < -0.39 is 0 Å². The number of piperidine rings is 1. The molecule has 0 spiro atoms. The summed E-state index contributed by atoms with van der Waals surface area (Å²) in [6.07, 6.45) is 3.65. The smallest absolute Gasteiger partial charge is 0.118 e. The van der Waals surface area contributed by atoms with Crippen LogP contribution < -0.4 is 4.74 Å². The highest BCUT2D eigenvalue weighted by Gasteiger charge is 2.37. The number of methoxy groups -OCH3 is 1. The molecule has 0 saturated carbocycles. The number of hydrogen-bond acceptors (Lipinski definition) is 4. The highest BCUT2D eigenvalue weighted by Crippen LogP contribution is 2.35. The number of ether oxygens (including phenoxy) is 1. The number of likely N-dealkylation sites (tertiary alicyclic amines) is 1. The predicted octanol–water partition coefficient (Wildman–Crippen LogP) is 5.98. The Morgan fingerprint density at radius 3 is 2.23 bits per heavy atom. The Morgan fingerprint density at radius 1 is 0.914 bits per heavy atom. The van der Waals surface area contributed by atoms with Crippen molar-refractivity contribution in [3.8, 4) is 5.75 Å². The van der Waals surface area contributed by atoms with Crippen molar-refractivity contribution in [3.05, 3.63) is 65.2 Å². The van der Waals surface area contributed by atoms with Gasteiger partial charge in [0.15, 0.2) is 0 Å². The van der Waals surface area contributed by atoms with Gasteiger partial charge in [0.25, 0.3) is 0 Å². The summed E-state index contributed by atoms with van der Waals surface area (Å²) in [5, 5.41) is 0. The van der Waals surface area contributed by atoms with Gasteiger partial charge in [-0.25, -0.2) is 0 Å². The fraction of sp³-hybridized carbons (Fsp3) is 0.613. The molecule has 35 heavy (non-hydrogen) atoms. The average molecular weight is 478 g/mol. The average Bonchev–Trinajstić information content (AvgIpc) is 2.87. The van der Waals surface area contributed by atoms with Crippen molar-refractivity contribution in [2.24, 2.45) is 0 Å². The summed E-state index contributed by atoms with van der Waals surface area (Å²) < 4.78 is 5.33. The highest BCUT2D eigenvalue weighted by atomic mass is 16.5. The quantitative estimate of drug-likeness (QED) is 0.488. The number of hydrogen-bond donors (Lipinski definition) is 0. The molecule has 2 fully saturated rings. The maximum Gasteiger partial charge on any atom is 0.118 e. The van der Waals surface area contributed by atoms with E-state index in [2.05, 4.69) is 97.8 Å². The van der Waals surface area contributed by atoms with Crippen LogP contribution in [0, 0.1) is 0 Å². The zero-order valence-electron chi connectivity index (χ0n) is 23.0. The minimum Gasteiger partial charge on any atom is -0.497 e. The standard InChI is InChI=1S/C31H47N3O/c1-24(2)28-9-7-8-10-29(28)30-23-32(18-15-25-11-13-27(35-6)14-12-25)21-22-34(30)26-16-19-33(20-17-26)31(3,4)5/h7-14,24,26,30H,15-23H2,1-6H3. The molecule has 0 aromatic heterocycles. The fourth-order valence-corrected chi connectivity index (χ4v) is 6.06. The third-order valence-electron chi connectivity index (χ3n) is 8.24. The van der Waals surface area contributed by atoms with Gasteiger partial charge in [0.1, 0.15) is 5.75 Å². The second-order valence-electron chi connectivity index (χ2n) is 11.8. The van der Waals surface area contributed by atoms with Crippen LogP contribution in [0.15, 0.2) is 48.5 Å². The van der Waals surface area contributed by atoms with Crippen LogP contribution in [0.3, 0.4) is 0 Å². The van der Waals surface area contributed by atoms with Gasteiger partial charge in [0.05, 0.1) is 7.11 Å². The first-order valence-corrected chi connectivity index (χ1v) is 13.7. The van der Waals surface area contributed by atoms with Crippen molar-refractivity contribution in [2.45, 2.75) is 77.4 Å². The van der Waals surface area contributed by atoms with Crippen molar-refractivity contribution in [3.63, 3.8) is 0 Å². The first kappa shape index (κ1) is 26.2. The molecule has 4 rings (SSSR count). The number of nitrogens with zero attached hydrogens (tertiary/aromatic N) is 3. The van der Waals surface area contributed by atoms with Gasteiger partial charge in [-0.15, -0.1) is 0 Å². The van der Waals surface area contributed by atoms with E-state index >= 15 is 0 Å². The SMILES string of the molecule is COc1ccc(CCN2CCN(C3CCN(C(C)(C)C)CC3)C(c3ccccc3C(C)C)C2)cc1. The third-order valence-corrected chi connectivity index (χ3v) is 8.24. The zero-order chi connectivity index (χ0) is 25.0. The summed E-state index contributed by atoms with van der Waals surface area (Å²) in [7, 11) is 1.73. The molecule has 1 unspecified atom stereocenters. The van der Waals surface area contributed by atoms with Gasteiger partial charge in [-0.3, -0.25) is 14.7 Å². The van der Waals surface area contributed by atoms with Gasteiger partial charge >= 0.3 is 0 Å². The lowest BCUT2D eigenvalue weighted by Gasteiger charge is -2.50. The summed E-state index contributed by atoms with van der Waals surface area (Å²) in [4.78, 5) is 8.25. The lowest BCUT2D eigenvalue weighted by Crippen LogP contribution is -2.56. The normalized spacial score (nSPS) is 21.5. The van der Waals surface area contributed by atoms with Crippen LogP contribution >= 0.6 is 0 Å². The van der Waals surface area contributed by atoms with Gasteiger partial charge in [0, 0.05) is 56.9 Å². The van der Waals surface area contributed by atoms with Crippen LogP contribution in [0.4, 0.5) is 0 Å².